The number of carbonyl (C=O) groups is 1. The number of phenolic OH excluding ortho intramolecular Hbond substituents is 1. The number of carbonyl (C=O) groups excluding carboxylic acids is 1. The maximum atomic E-state index is 11.0. The molecule has 1 unspecified atom stereocenters. The van der Waals surface area contributed by atoms with E-state index >= 15 is 0 Å². The molecule has 1 aliphatic rings. The Bertz CT molecular complexity index is 459. The van der Waals surface area contributed by atoms with Crippen molar-refractivity contribution in [3.63, 3.8) is 0 Å². The number of amides is 1. The van der Waals surface area contributed by atoms with E-state index in [0.29, 0.717) is 12.5 Å². The molecule has 1 atom stereocenters. The molecule has 3 N–H and O–H groups in total. The number of ether oxygens (including phenoxy) is 1. The van der Waals surface area contributed by atoms with Crippen LogP contribution in [-0.2, 0) is 4.74 Å². The molecule has 0 fully saturated rings. The first-order valence-corrected chi connectivity index (χ1v) is 5.14. The zero-order valence-electron chi connectivity index (χ0n) is 9.30. The SMILES string of the molecule is COC(=O)NC1=NCC(c2cccc(O)c2)N1. The Morgan fingerprint density at radius 3 is 3.18 bits per heavy atom. The van der Waals surface area contributed by atoms with Crippen molar-refractivity contribution in [2.75, 3.05) is 13.7 Å². The molecule has 0 saturated carbocycles. The molecular weight excluding hydrogens is 222 g/mol. The highest BCUT2D eigenvalue weighted by Gasteiger charge is 2.20. The summed E-state index contributed by atoms with van der Waals surface area (Å²) >= 11 is 0. The van der Waals surface area contributed by atoms with E-state index in [1.54, 1.807) is 18.2 Å². The van der Waals surface area contributed by atoms with E-state index in [-0.39, 0.29) is 11.8 Å². The third-order valence-electron chi connectivity index (χ3n) is 2.42. The maximum Gasteiger partial charge on any atom is 0.413 e. The van der Waals surface area contributed by atoms with Crippen molar-refractivity contribution >= 4 is 12.1 Å². The number of methoxy groups -OCH3 is 1. The Morgan fingerprint density at radius 2 is 2.47 bits per heavy atom. The van der Waals surface area contributed by atoms with Crippen LogP contribution in [0.5, 0.6) is 5.75 Å². The van der Waals surface area contributed by atoms with Gasteiger partial charge in [0.25, 0.3) is 0 Å². The van der Waals surface area contributed by atoms with Gasteiger partial charge in [0, 0.05) is 0 Å². The average molecular weight is 235 g/mol. The lowest BCUT2D eigenvalue weighted by molar-refractivity contribution is 0.176. The zero-order valence-corrected chi connectivity index (χ0v) is 9.30. The molecule has 1 aromatic carbocycles. The second-order valence-electron chi connectivity index (χ2n) is 3.60. The number of nitrogens with zero attached hydrogens (tertiary/aromatic N) is 1. The van der Waals surface area contributed by atoms with Crippen molar-refractivity contribution in [3.05, 3.63) is 29.8 Å². The summed E-state index contributed by atoms with van der Waals surface area (Å²) in [5.74, 6) is 0.587. The van der Waals surface area contributed by atoms with Crippen LogP contribution in [-0.4, -0.2) is 30.8 Å². The third kappa shape index (κ3) is 2.66. The smallest absolute Gasteiger partial charge is 0.413 e. The van der Waals surface area contributed by atoms with E-state index in [0.717, 1.165) is 5.56 Å². The van der Waals surface area contributed by atoms with Gasteiger partial charge in [0.15, 0.2) is 0 Å². The summed E-state index contributed by atoms with van der Waals surface area (Å²) < 4.78 is 4.46. The maximum absolute atomic E-state index is 11.0. The Kier molecular flexibility index (Phi) is 3.13. The normalized spacial score (nSPS) is 18.2. The second kappa shape index (κ2) is 4.73. The molecule has 0 aromatic heterocycles. The summed E-state index contributed by atoms with van der Waals surface area (Å²) in [6.45, 7) is 0.503. The summed E-state index contributed by atoms with van der Waals surface area (Å²) in [5.41, 5.74) is 0.912. The molecule has 6 nitrogen and oxygen atoms in total. The Labute approximate surface area is 98.3 Å². The molecule has 2 rings (SSSR count). The lowest BCUT2D eigenvalue weighted by Gasteiger charge is -2.12. The van der Waals surface area contributed by atoms with Crippen molar-refractivity contribution in [2.24, 2.45) is 4.99 Å². The highest BCUT2D eigenvalue weighted by Crippen LogP contribution is 2.20. The van der Waals surface area contributed by atoms with Gasteiger partial charge in [-0.15, -0.1) is 0 Å². The molecule has 1 aliphatic heterocycles. The molecule has 1 heterocycles. The minimum absolute atomic E-state index is 0.0470. The first-order valence-electron chi connectivity index (χ1n) is 5.14. The molecule has 17 heavy (non-hydrogen) atoms. The lowest BCUT2D eigenvalue weighted by atomic mass is 10.1. The van der Waals surface area contributed by atoms with Crippen LogP contribution >= 0.6 is 0 Å². The Morgan fingerprint density at radius 1 is 1.65 bits per heavy atom. The molecular formula is C11H13N3O3. The summed E-state index contributed by atoms with van der Waals surface area (Å²) in [7, 11) is 1.29. The van der Waals surface area contributed by atoms with Gasteiger partial charge in [-0.25, -0.2) is 4.79 Å². The van der Waals surface area contributed by atoms with Gasteiger partial charge in [0.2, 0.25) is 5.96 Å². The first kappa shape index (κ1) is 11.3. The van der Waals surface area contributed by atoms with Gasteiger partial charge in [-0.05, 0) is 17.7 Å². The molecule has 0 saturated heterocycles. The lowest BCUT2D eigenvalue weighted by Crippen LogP contribution is -2.39. The Hall–Kier alpha value is -2.24. The molecule has 6 heteroatoms. The van der Waals surface area contributed by atoms with Crippen LogP contribution in [0.3, 0.4) is 0 Å². The van der Waals surface area contributed by atoms with Crippen molar-refractivity contribution in [1.82, 2.24) is 10.6 Å². The minimum atomic E-state index is -0.562. The van der Waals surface area contributed by atoms with Crippen molar-refractivity contribution < 1.29 is 14.6 Å². The minimum Gasteiger partial charge on any atom is -0.508 e. The topological polar surface area (TPSA) is 83.0 Å². The van der Waals surface area contributed by atoms with E-state index in [1.165, 1.54) is 7.11 Å². The number of nitrogens with one attached hydrogen (secondary N) is 2. The standard InChI is InChI=1S/C11H13N3O3/c1-17-11(16)14-10-12-6-9(13-10)7-3-2-4-8(15)5-7/h2-5,9,15H,6H2,1H3,(H2,12,13,14,16). The van der Waals surface area contributed by atoms with Gasteiger partial charge >= 0.3 is 6.09 Å². The quantitative estimate of drug-likeness (QED) is 0.670. The monoisotopic (exact) mass is 235 g/mol. The number of hydrogen-bond donors (Lipinski definition) is 3. The van der Waals surface area contributed by atoms with Gasteiger partial charge in [0.1, 0.15) is 5.75 Å². The fraction of sp³-hybridized carbons (Fsp3) is 0.273. The summed E-state index contributed by atoms with van der Waals surface area (Å²) in [6, 6.07) is 6.86. The number of rotatable bonds is 1. The van der Waals surface area contributed by atoms with Gasteiger partial charge < -0.3 is 15.2 Å². The first-order chi connectivity index (χ1) is 8.19. The Balaban J connectivity index is 1.98. The van der Waals surface area contributed by atoms with Gasteiger partial charge in [-0.3, -0.25) is 10.3 Å². The highest BCUT2D eigenvalue weighted by molar-refractivity contribution is 5.94. The fourth-order valence-corrected chi connectivity index (χ4v) is 1.59. The summed E-state index contributed by atoms with van der Waals surface area (Å²) in [5, 5.41) is 14.9. The van der Waals surface area contributed by atoms with E-state index in [2.05, 4.69) is 20.4 Å². The van der Waals surface area contributed by atoms with Gasteiger partial charge in [-0.2, -0.15) is 0 Å². The third-order valence-corrected chi connectivity index (χ3v) is 2.42. The van der Waals surface area contributed by atoms with Gasteiger partial charge in [0.05, 0.1) is 19.7 Å². The van der Waals surface area contributed by atoms with Gasteiger partial charge in [-0.1, -0.05) is 12.1 Å². The number of guanidine groups is 1. The summed E-state index contributed by atoms with van der Waals surface area (Å²) in [6.07, 6.45) is -0.562. The van der Waals surface area contributed by atoms with Crippen LogP contribution in [0.25, 0.3) is 0 Å². The van der Waals surface area contributed by atoms with E-state index in [9.17, 15) is 9.90 Å². The van der Waals surface area contributed by atoms with Crippen molar-refractivity contribution in [2.45, 2.75) is 6.04 Å². The number of aliphatic imine (C=N–C) groups is 1. The second-order valence-corrected chi connectivity index (χ2v) is 3.60. The summed E-state index contributed by atoms with van der Waals surface area (Å²) in [4.78, 5) is 15.1. The predicted octanol–water partition coefficient (Wildman–Crippen LogP) is 0.748. The average Bonchev–Trinajstić information content (AvgIpc) is 2.77. The van der Waals surface area contributed by atoms with E-state index < -0.39 is 6.09 Å². The molecule has 1 aromatic rings. The van der Waals surface area contributed by atoms with Crippen LogP contribution in [0.4, 0.5) is 4.79 Å². The van der Waals surface area contributed by atoms with Crippen LogP contribution in [0, 0.1) is 0 Å². The van der Waals surface area contributed by atoms with Crippen molar-refractivity contribution in [3.8, 4) is 5.75 Å². The number of aromatic hydroxyl groups is 1. The number of hydrogen-bond acceptors (Lipinski definition) is 5. The van der Waals surface area contributed by atoms with Crippen LogP contribution < -0.4 is 10.6 Å². The van der Waals surface area contributed by atoms with Crippen LogP contribution in [0.1, 0.15) is 11.6 Å². The highest BCUT2D eigenvalue weighted by atomic mass is 16.5. The van der Waals surface area contributed by atoms with Crippen LogP contribution in [0.2, 0.25) is 0 Å². The fourth-order valence-electron chi connectivity index (χ4n) is 1.59. The van der Waals surface area contributed by atoms with Crippen molar-refractivity contribution in [1.29, 1.82) is 0 Å². The number of alkyl carbamates (subject to hydrolysis) is 1. The van der Waals surface area contributed by atoms with Crippen LogP contribution in [0.15, 0.2) is 29.3 Å². The molecule has 0 aliphatic carbocycles. The number of benzene rings is 1. The van der Waals surface area contributed by atoms with E-state index in [1.807, 2.05) is 6.07 Å². The molecule has 90 valence electrons. The predicted molar refractivity (Wildman–Crippen MR) is 61.8 cm³/mol. The molecule has 0 bridgehead atoms. The number of phenols is 1. The molecule has 0 radical (unpaired) electrons. The largest absolute Gasteiger partial charge is 0.508 e. The molecule has 1 amide bonds. The zero-order chi connectivity index (χ0) is 12.3. The van der Waals surface area contributed by atoms with E-state index in [4.69, 9.17) is 0 Å². The molecule has 0 spiro atoms.